The minimum atomic E-state index is 1.15. The second-order valence-corrected chi connectivity index (χ2v) is 14.6. The van der Waals surface area contributed by atoms with Crippen LogP contribution in [0, 0.1) is 0 Å². The number of nitrogens with zero attached hydrogens (tertiary/aromatic N) is 2. The molecule has 0 fully saturated rings. The maximum absolute atomic E-state index is 2.53. The highest BCUT2D eigenvalue weighted by molar-refractivity contribution is 5.52. The van der Waals surface area contributed by atoms with Crippen molar-refractivity contribution in [3.05, 3.63) is 42.7 Å². The van der Waals surface area contributed by atoms with Crippen LogP contribution in [0.25, 0.3) is 11.4 Å². The smallest absolute Gasteiger partial charge is 0.230 e. The van der Waals surface area contributed by atoms with Crippen LogP contribution in [0.15, 0.2) is 42.7 Å². The van der Waals surface area contributed by atoms with E-state index in [9.17, 15) is 0 Å². The summed E-state index contributed by atoms with van der Waals surface area (Å²) in [6, 6.07) is 11.1. The van der Waals surface area contributed by atoms with E-state index in [1.807, 2.05) is 0 Å². The topological polar surface area (TPSA) is 8.81 Å². The van der Waals surface area contributed by atoms with Crippen LogP contribution in [-0.4, -0.2) is 4.57 Å². The Hall–Kier alpha value is -1.57. The van der Waals surface area contributed by atoms with Gasteiger partial charge in [-0.15, -0.1) is 0 Å². The summed E-state index contributed by atoms with van der Waals surface area (Å²) >= 11 is 0. The Bertz CT molecular complexity index is 885. The Balaban J connectivity index is 1.51. The van der Waals surface area contributed by atoms with Crippen LogP contribution in [-0.2, 0) is 13.1 Å². The predicted octanol–water partition coefficient (Wildman–Crippen LogP) is 14.6. The fraction of sp³-hybridized carbons (Fsp3) is 0.795. The molecule has 0 radical (unpaired) electrons. The maximum atomic E-state index is 2.53. The third-order valence-electron chi connectivity index (χ3n) is 10.3. The van der Waals surface area contributed by atoms with E-state index < -0.39 is 0 Å². The molecule has 0 atom stereocenters. The number of imidazole rings is 1. The molecule has 2 rings (SSSR count). The quantitative estimate of drug-likeness (QED) is 0.0534. The molecule has 2 nitrogen and oxygen atoms in total. The molecule has 1 heterocycles. The first-order valence-corrected chi connectivity index (χ1v) is 21.0. The maximum Gasteiger partial charge on any atom is 0.288 e. The number of hydrogen-bond acceptors (Lipinski definition) is 0. The van der Waals surface area contributed by atoms with Gasteiger partial charge in [0.1, 0.15) is 12.4 Å². The van der Waals surface area contributed by atoms with Gasteiger partial charge >= 0.3 is 0 Å². The Morgan fingerprint density at radius 1 is 0.413 bits per heavy atom. The van der Waals surface area contributed by atoms with Gasteiger partial charge in [-0.25, -0.2) is 9.13 Å². The van der Waals surface area contributed by atoms with Gasteiger partial charge in [-0.1, -0.05) is 205 Å². The summed E-state index contributed by atoms with van der Waals surface area (Å²) in [4.78, 5) is 0. The van der Waals surface area contributed by atoms with Crippen molar-refractivity contribution in [2.45, 2.75) is 226 Å². The first-order valence-electron chi connectivity index (χ1n) is 21.0. The summed E-state index contributed by atoms with van der Waals surface area (Å²) in [6.07, 6.45) is 49.0. The molecule has 2 aromatic rings. The lowest BCUT2D eigenvalue weighted by molar-refractivity contribution is -0.686. The predicted molar refractivity (Wildman–Crippen MR) is 205 cm³/mol. The summed E-state index contributed by atoms with van der Waals surface area (Å²) in [5.41, 5.74) is 1.37. The largest absolute Gasteiger partial charge is 0.288 e. The van der Waals surface area contributed by atoms with Crippen LogP contribution in [0.3, 0.4) is 0 Å². The highest BCUT2D eigenvalue weighted by atomic mass is 15.1. The van der Waals surface area contributed by atoms with Gasteiger partial charge in [0.05, 0.1) is 18.7 Å². The van der Waals surface area contributed by atoms with E-state index in [0.717, 1.165) is 13.1 Å². The van der Waals surface area contributed by atoms with Crippen molar-refractivity contribution in [2.24, 2.45) is 0 Å². The van der Waals surface area contributed by atoms with Gasteiger partial charge in [0.2, 0.25) is 0 Å². The minimum Gasteiger partial charge on any atom is -0.230 e. The fourth-order valence-corrected chi connectivity index (χ4v) is 7.23. The minimum absolute atomic E-state index is 1.15. The van der Waals surface area contributed by atoms with Crippen molar-refractivity contribution in [3.8, 4) is 11.4 Å². The number of unbranched alkanes of at least 4 members (excludes halogenated alkanes) is 29. The van der Waals surface area contributed by atoms with Crippen molar-refractivity contribution in [1.82, 2.24) is 4.57 Å². The summed E-state index contributed by atoms with van der Waals surface area (Å²) in [5, 5.41) is 0. The zero-order valence-corrected chi connectivity index (χ0v) is 31.3. The molecule has 0 aliphatic rings. The van der Waals surface area contributed by atoms with Crippen LogP contribution in [0.4, 0.5) is 0 Å². The molecular formula is C44H79N2+. The number of hydrogen-bond donors (Lipinski definition) is 0. The van der Waals surface area contributed by atoms with Crippen molar-refractivity contribution in [3.63, 3.8) is 0 Å². The van der Waals surface area contributed by atoms with E-state index in [1.165, 1.54) is 210 Å². The molecule has 0 bridgehead atoms. The fourth-order valence-electron chi connectivity index (χ4n) is 7.23. The molecule has 1 aromatic heterocycles. The first-order chi connectivity index (χ1) is 22.9. The average Bonchev–Trinajstić information content (AvgIpc) is 3.49. The molecule has 2 heteroatoms. The lowest BCUT2D eigenvalue weighted by Gasteiger charge is -2.07. The third kappa shape index (κ3) is 21.3. The zero-order valence-electron chi connectivity index (χ0n) is 31.3. The summed E-state index contributed by atoms with van der Waals surface area (Å²) < 4.78 is 5.06. The number of aromatic nitrogens is 2. The van der Waals surface area contributed by atoms with E-state index in [0.29, 0.717) is 0 Å². The number of aryl methyl sites for hydroxylation is 2. The third-order valence-corrected chi connectivity index (χ3v) is 10.3. The van der Waals surface area contributed by atoms with E-state index in [1.54, 1.807) is 0 Å². The van der Waals surface area contributed by atoms with Crippen molar-refractivity contribution < 1.29 is 4.57 Å². The lowest BCUT2D eigenvalue weighted by atomic mass is 10.0. The molecule has 0 aliphatic carbocycles. The number of rotatable bonds is 34. The second kappa shape index (κ2) is 30.7. The van der Waals surface area contributed by atoms with Crippen LogP contribution in [0.5, 0.6) is 0 Å². The summed E-state index contributed by atoms with van der Waals surface area (Å²) in [6.45, 7) is 6.91. The molecule has 0 spiro atoms. The molecule has 0 saturated carbocycles. The highest BCUT2D eigenvalue weighted by Crippen LogP contribution is 2.19. The van der Waals surface area contributed by atoms with Crippen LogP contribution in [0.1, 0.15) is 213 Å². The van der Waals surface area contributed by atoms with E-state index in [-0.39, 0.29) is 0 Å². The van der Waals surface area contributed by atoms with Gasteiger partial charge in [-0.3, -0.25) is 0 Å². The molecule has 46 heavy (non-hydrogen) atoms. The zero-order chi connectivity index (χ0) is 32.6. The molecular weight excluding hydrogens is 556 g/mol. The molecule has 0 N–H and O–H groups in total. The van der Waals surface area contributed by atoms with Crippen LogP contribution < -0.4 is 4.57 Å². The van der Waals surface area contributed by atoms with Crippen molar-refractivity contribution in [2.75, 3.05) is 0 Å². The van der Waals surface area contributed by atoms with Crippen molar-refractivity contribution in [1.29, 1.82) is 0 Å². The molecule has 0 saturated heterocycles. The Morgan fingerprint density at radius 2 is 0.761 bits per heavy atom. The second-order valence-electron chi connectivity index (χ2n) is 14.6. The van der Waals surface area contributed by atoms with Crippen LogP contribution >= 0.6 is 0 Å². The van der Waals surface area contributed by atoms with Gasteiger partial charge in [0.25, 0.3) is 5.82 Å². The summed E-state index contributed by atoms with van der Waals surface area (Å²) in [5.74, 6) is 1.41. The average molecular weight is 636 g/mol. The van der Waals surface area contributed by atoms with Gasteiger partial charge in [0, 0.05) is 0 Å². The van der Waals surface area contributed by atoms with Crippen LogP contribution in [0.2, 0.25) is 0 Å². The normalized spacial score (nSPS) is 11.5. The summed E-state index contributed by atoms with van der Waals surface area (Å²) in [7, 11) is 0. The highest BCUT2D eigenvalue weighted by Gasteiger charge is 2.18. The van der Waals surface area contributed by atoms with Gasteiger partial charge in [-0.2, -0.15) is 0 Å². The van der Waals surface area contributed by atoms with Gasteiger partial charge in [-0.05, 0) is 37.8 Å². The molecule has 264 valence electrons. The molecule has 0 unspecified atom stereocenters. The standard InChI is InChI=1S/C44H79N2/c1-3-5-7-9-11-13-15-17-19-21-23-25-27-29-31-36-40-46-42-41-45(44(46)43-37-33-32-34-38-43)39-35-30-28-26-24-22-20-18-16-14-12-10-8-6-4-2/h32-34,37-38,41-42H,3-31,35-36,39-40H2,1-2H3/q+1. The SMILES string of the molecule is CCCCCCCCCCCCCCCCCCn1cc[n+](CCCCCCCCCCCCCCCCC)c1-c1ccccc1. The van der Waals surface area contributed by atoms with E-state index in [2.05, 4.69) is 65.7 Å². The van der Waals surface area contributed by atoms with Gasteiger partial charge in [0.15, 0.2) is 0 Å². The number of benzene rings is 1. The molecule has 1 aromatic carbocycles. The Labute approximate surface area is 288 Å². The van der Waals surface area contributed by atoms with E-state index in [4.69, 9.17) is 0 Å². The van der Waals surface area contributed by atoms with Crippen molar-refractivity contribution >= 4 is 0 Å². The Morgan fingerprint density at radius 3 is 1.15 bits per heavy atom. The lowest BCUT2D eigenvalue weighted by Crippen LogP contribution is -2.34. The molecule has 0 aliphatic heterocycles. The van der Waals surface area contributed by atoms with E-state index >= 15 is 0 Å². The Kier molecular flexibility index (Phi) is 27.1. The first kappa shape index (κ1) is 40.6. The molecule has 0 amide bonds. The monoisotopic (exact) mass is 636 g/mol. The van der Waals surface area contributed by atoms with Gasteiger partial charge < -0.3 is 0 Å².